The standard InChI is InChI=1S/C10H20NO5P/c1-3-15-17(14,16-4-2)10(11(12)13)8-6-5-7-9-10/h3-9H2,1-2H3. The summed E-state index contributed by atoms with van der Waals surface area (Å²) in [5.41, 5.74) is 0. The van der Waals surface area contributed by atoms with E-state index in [1.807, 2.05) is 0 Å². The topological polar surface area (TPSA) is 78.7 Å². The fourth-order valence-corrected chi connectivity index (χ4v) is 4.59. The van der Waals surface area contributed by atoms with Crippen molar-refractivity contribution < 1.29 is 18.5 Å². The summed E-state index contributed by atoms with van der Waals surface area (Å²) in [5.74, 6) is 0. The van der Waals surface area contributed by atoms with Crippen LogP contribution < -0.4 is 0 Å². The van der Waals surface area contributed by atoms with Gasteiger partial charge in [0.1, 0.15) is 0 Å². The minimum Gasteiger partial charge on any atom is -0.304 e. The molecule has 1 aliphatic rings. The number of nitrogens with zero attached hydrogens (tertiary/aromatic N) is 1. The molecule has 0 aromatic heterocycles. The molecule has 0 atom stereocenters. The molecule has 0 bridgehead atoms. The molecule has 1 aliphatic carbocycles. The van der Waals surface area contributed by atoms with Crippen LogP contribution >= 0.6 is 7.60 Å². The van der Waals surface area contributed by atoms with Crippen LogP contribution in [0.4, 0.5) is 0 Å². The maximum absolute atomic E-state index is 12.6. The molecule has 7 heteroatoms. The van der Waals surface area contributed by atoms with Crippen molar-refractivity contribution in [2.45, 2.75) is 51.2 Å². The van der Waals surface area contributed by atoms with Crippen LogP contribution in [0.1, 0.15) is 46.0 Å². The predicted octanol–water partition coefficient (Wildman–Crippen LogP) is 3.19. The second-order valence-electron chi connectivity index (χ2n) is 4.13. The highest BCUT2D eigenvalue weighted by Gasteiger charge is 2.62. The maximum Gasteiger partial charge on any atom is 0.406 e. The molecule has 0 N–H and O–H groups in total. The van der Waals surface area contributed by atoms with E-state index in [2.05, 4.69) is 0 Å². The minimum atomic E-state index is -3.68. The van der Waals surface area contributed by atoms with Crippen LogP contribution in [-0.2, 0) is 13.6 Å². The summed E-state index contributed by atoms with van der Waals surface area (Å²) in [6, 6.07) is 0. The zero-order valence-corrected chi connectivity index (χ0v) is 11.3. The molecule has 0 spiro atoms. The Balaban J connectivity index is 3.08. The molecule has 100 valence electrons. The van der Waals surface area contributed by atoms with Gasteiger partial charge in [-0.3, -0.25) is 14.7 Å². The van der Waals surface area contributed by atoms with Gasteiger partial charge < -0.3 is 9.05 Å². The summed E-state index contributed by atoms with van der Waals surface area (Å²) in [6.07, 6.45) is 2.89. The highest BCUT2D eigenvalue weighted by atomic mass is 31.2. The van der Waals surface area contributed by atoms with Crippen LogP contribution in [0.15, 0.2) is 0 Å². The van der Waals surface area contributed by atoms with Crippen LogP contribution in [0.3, 0.4) is 0 Å². The van der Waals surface area contributed by atoms with Gasteiger partial charge >= 0.3 is 12.9 Å². The molecule has 6 nitrogen and oxygen atoms in total. The third kappa shape index (κ3) is 2.69. The Labute approximate surface area is 101 Å². The smallest absolute Gasteiger partial charge is 0.304 e. The van der Waals surface area contributed by atoms with Crippen LogP contribution in [0.25, 0.3) is 0 Å². The molecule has 17 heavy (non-hydrogen) atoms. The lowest BCUT2D eigenvalue weighted by Crippen LogP contribution is -2.41. The van der Waals surface area contributed by atoms with E-state index in [0.717, 1.165) is 6.42 Å². The normalized spacial score (nSPS) is 20.1. The van der Waals surface area contributed by atoms with E-state index in [1.54, 1.807) is 13.8 Å². The first kappa shape index (κ1) is 14.6. The van der Waals surface area contributed by atoms with Gasteiger partial charge in [-0.05, 0) is 26.7 Å². The van der Waals surface area contributed by atoms with E-state index in [9.17, 15) is 14.7 Å². The van der Waals surface area contributed by atoms with Crippen molar-refractivity contribution in [3.8, 4) is 0 Å². The summed E-state index contributed by atoms with van der Waals surface area (Å²) in [5, 5.41) is 9.82. The molecular formula is C10H20NO5P. The van der Waals surface area contributed by atoms with Gasteiger partial charge in [0.25, 0.3) is 0 Å². The second-order valence-corrected chi connectivity index (χ2v) is 6.48. The minimum absolute atomic E-state index is 0.160. The summed E-state index contributed by atoms with van der Waals surface area (Å²) < 4.78 is 23.0. The van der Waals surface area contributed by atoms with Crippen LogP contribution in [0, 0.1) is 10.1 Å². The van der Waals surface area contributed by atoms with Crippen molar-refractivity contribution in [3.05, 3.63) is 10.1 Å². The molecular weight excluding hydrogens is 245 g/mol. The van der Waals surface area contributed by atoms with Gasteiger partial charge in [0.2, 0.25) is 0 Å². The first-order valence-corrected chi connectivity index (χ1v) is 7.60. The van der Waals surface area contributed by atoms with E-state index < -0.39 is 17.8 Å². The number of nitro groups is 1. The number of hydrogen-bond donors (Lipinski definition) is 0. The predicted molar refractivity (Wildman–Crippen MR) is 63.7 cm³/mol. The molecule has 0 heterocycles. The Morgan fingerprint density at radius 3 is 2.00 bits per heavy atom. The van der Waals surface area contributed by atoms with Crippen molar-refractivity contribution in [1.29, 1.82) is 0 Å². The lowest BCUT2D eigenvalue weighted by molar-refractivity contribution is -0.549. The average Bonchev–Trinajstić information content (AvgIpc) is 2.30. The summed E-state index contributed by atoms with van der Waals surface area (Å²) in [4.78, 5) is 10.9. The quantitative estimate of drug-likeness (QED) is 0.418. The molecule has 0 radical (unpaired) electrons. The second kappa shape index (κ2) is 5.94. The lowest BCUT2D eigenvalue weighted by Gasteiger charge is -2.33. The Bertz CT molecular complexity index is 304. The Morgan fingerprint density at radius 1 is 1.18 bits per heavy atom. The highest BCUT2D eigenvalue weighted by Crippen LogP contribution is 2.65. The SMILES string of the molecule is CCOP(=O)(OCC)C1([N+](=O)[O-])CCCCC1. The first-order chi connectivity index (χ1) is 8.02. The third-order valence-corrected chi connectivity index (χ3v) is 5.93. The molecule has 1 fully saturated rings. The van der Waals surface area contributed by atoms with Crippen molar-refractivity contribution >= 4 is 7.60 Å². The third-order valence-electron chi connectivity index (χ3n) is 3.10. The molecule has 0 aliphatic heterocycles. The highest BCUT2D eigenvalue weighted by molar-refractivity contribution is 7.55. The first-order valence-electron chi connectivity index (χ1n) is 6.06. The fourth-order valence-electron chi connectivity index (χ4n) is 2.29. The van der Waals surface area contributed by atoms with E-state index >= 15 is 0 Å². The van der Waals surface area contributed by atoms with Gasteiger partial charge in [-0.2, -0.15) is 0 Å². The van der Waals surface area contributed by atoms with Crippen LogP contribution in [0.5, 0.6) is 0 Å². The van der Waals surface area contributed by atoms with E-state index in [-0.39, 0.29) is 26.1 Å². The number of rotatable bonds is 6. The van der Waals surface area contributed by atoms with Gasteiger partial charge in [0, 0.05) is 17.8 Å². The zero-order chi connectivity index (χ0) is 12.9. The molecule has 1 saturated carbocycles. The van der Waals surface area contributed by atoms with Gasteiger partial charge in [0.15, 0.2) is 0 Å². The van der Waals surface area contributed by atoms with E-state index in [4.69, 9.17) is 9.05 Å². The zero-order valence-electron chi connectivity index (χ0n) is 10.4. The van der Waals surface area contributed by atoms with Crippen molar-refractivity contribution in [2.24, 2.45) is 0 Å². The molecule has 0 aromatic carbocycles. The van der Waals surface area contributed by atoms with E-state index in [1.165, 1.54) is 0 Å². The van der Waals surface area contributed by atoms with Gasteiger partial charge in [-0.1, -0.05) is 6.42 Å². The van der Waals surface area contributed by atoms with Crippen LogP contribution in [-0.4, -0.2) is 23.4 Å². The van der Waals surface area contributed by atoms with E-state index in [0.29, 0.717) is 12.8 Å². The number of hydrogen-bond acceptors (Lipinski definition) is 5. The molecule has 0 aromatic rings. The monoisotopic (exact) mass is 265 g/mol. The Morgan fingerprint density at radius 2 is 1.65 bits per heavy atom. The molecule has 0 unspecified atom stereocenters. The largest absolute Gasteiger partial charge is 0.406 e. The van der Waals surface area contributed by atoms with Gasteiger partial charge in [-0.15, -0.1) is 0 Å². The summed E-state index contributed by atoms with van der Waals surface area (Å²) in [6.45, 7) is 3.66. The Kier molecular flexibility index (Phi) is 5.10. The van der Waals surface area contributed by atoms with Gasteiger partial charge in [0.05, 0.1) is 13.2 Å². The van der Waals surface area contributed by atoms with Crippen molar-refractivity contribution in [3.63, 3.8) is 0 Å². The average molecular weight is 265 g/mol. The molecule has 0 amide bonds. The van der Waals surface area contributed by atoms with Crippen molar-refractivity contribution in [2.75, 3.05) is 13.2 Å². The lowest BCUT2D eigenvalue weighted by atomic mass is 9.95. The summed E-state index contributed by atoms with van der Waals surface area (Å²) in [7, 11) is -3.68. The molecule has 0 saturated heterocycles. The van der Waals surface area contributed by atoms with Crippen LogP contribution in [0.2, 0.25) is 0 Å². The van der Waals surface area contributed by atoms with Crippen molar-refractivity contribution in [1.82, 2.24) is 0 Å². The summed E-state index contributed by atoms with van der Waals surface area (Å²) >= 11 is 0. The fraction of sp³-hybridized carbons (Fsp3) is 1.00. The Hall–Kier alpha value is -0.450. The molecule has 1 rings (SSSR count). The maximum atomic E-state index is 12.6. The van der Waals surface area contributed by atoms with Gasteiger partial charge in [-0.25, -0.2) is 0 Å².